The Balaban J connectivity index is 3.44. The van der Waals surface area contributed by atoms with E-state index < -0.39 is 0 Å². The van der Waals surface area contributed by atoms with Gasteiger partial charge in [-0.15, -0.1) is 0 Å². The fourth-order valence-electron chi connectivity index (χ4n) is 0.442. The molecular formula is C7H12O. The van der Waals surface area contributed by atoms with E-state index >= 15 is 0 Å². The molecule has 0 aliphatic carbocycles. The molecule has 0 aromatic heterocycles. The summed E-state index contributed by atoms with van der Waals surface area (Å²) in [6.45, 7) is 8.13. The second kappa shape index (κ2) is 4.44. The molecule has 1 nitrogen and oxygen atoms in total. The third-order valence-electron chi connectivity index (χ3n) is 0.725. The van der Waals surface area contributed by atoms with Crippen molar-refractivity contribution < 1.29 is 4.74 Å². The molecule has 0 radical (unpaired) electrons. The van der Waals surface area contributed by atoms with Crippen molar-refractivity contribution in [2.75, 3.05) is 6.61 Å². The van der Waals surface area contributed by atoms with Crippen LogP contribution in [0.25, 0.3) is 0 Å². The van der Waals surface area contributed by atoms with Crippen LogP contribution < -0.4 is 0 Å². The van der Waals surface area contributed by atoms with E-state index in [4.69, 9.17) is 4.74 Å². The summed E-state index contributed by atoms with van der Waals surface area (Å²) in [5.74, 6) is 0.919. The Labute approximate surface area is 50.7 Å². The zero-order chi connectivity index (χ0) is 6.41. The first-order chi connectivity index (χ1) is 3.81. The molecule has 0 spiro atoms. The Morgan fingerprint density at radius 2 is 2.38 bits per heavy atom. The minimum atomic E-state index is 0.732. The molecule has 0 atom stereocenters. The highest BCUT2D eigenvalue weighted by Crippen LogP contribution is 1.92. The Bertz CT molecular complexity index is 92.6. The largest absolute Gasteiger partial charge is 0.499 e. The van der Waals surface area contributed by atoms with Crippen molar-refractivity contribution in [3.63, 3.8) is 0 Å². The van der Waals surface area contributed by atoms with Gasteiger partial charge in [0, 0.05) is 0 Å². The van der Waals surface area contributed by atoms with Gasteiger partial charge in [0.2, 0.25) is 0 Å². The third kappa shape index (κ3) is 3.47. The van der Waals surface area contributed by atoms with E-state index in [1.54, 1.807) is 6.08 Å². The first-order valence-electron chi connectivity index (χ1n) is 2.73. The average molecular weight is 112 g/mol. The predicted molar refractivity (Wildman–Crippen MR) is 35.6 cm³/mol. The Hall–Kier alpha value is -0.720. The number of rotatable bonds is 3. The fourth-order valence-corrected chi connectivity index (χ4v) is 0.442. The van der Waals surface area contributed by atoms with Crippen molar-refractivity contribution in [3.8, 4) is 0 Å². The summed E-state index contributed by atoms with van der Waals surface area (Å²) < 4.78 is 5.07. The Morgan fingerprint density at radius 3 is 2.75 bits per heavy atom. The van der Waals surface area contributed by atoms with Crippen LogP contribution in [0.3, 0.4) is 0 Å². The van der Waals surface area contributed by atoms with Gasteiger partial charge in [0.15, 0.2) is 0 Å². The zero-order valence-electron chi connectivity index (χ0n) is 5.48. The summed E-state index contributed by atoms with van der Waals surface area (Å²) in [5.41, 5.74) is 0. The number of hydrogen-bond acceptors (Lipinski definition) is 1. The van der Waals surface area contributed by atoms with Crippen molar-refractivity contribution in [3.05, 3.63) is 24.5 Å². The molecule has 0 saturated heterocycles. The molecule has 0 N–H and O–H groups in total. The normalized spacial score (nSPS) is 11.0. The SMILES string of the molecule is C=C/C=C(/C)OCC. The van der Waals surface area contributed by atoms with Crippen LogP contribution in [0, 0.1) is 0 Å². The van der Waals surface area contributed by atoms with Crippen molar-refractivity contribution in [2.24, 2.45) is 0 Å². The van der Waals surface area contributed by atoms with Gasteiger partial charge in [-0.25, -0.2) is 0 Å². The lowest BCUT2D eigenvalue weighted by Crippen LogP contribution is -1.84. The lowest BCUT2D eigenvalue weighted by atomic mass is 10.5. The molecule has 0 heterocycles. The van der Waals surface area contributed by atoms with E-state index in [-0.39, 0.29) is 0 Å². The second-order valence-electron chi connectivity index (χ2n) is 1.45. The lowest BCUT2D eigenvalue weighted by molar-refractivity contribution is 0.231. The zero-order valence-corrected chi connectivity index (χ0v) is 5.48. The molecule has 0 aliphatic rings. The van der Waals surface area contributed by atoms with Crippen LogP contribution in [0.5, 0.6) is 0 Å². The summed E-state index contributed by atoms with van der Waals surface area (Å²) in [4.78, 5) is 0. The molecule has 0 amide bonds. The molecule has 0 bridgehead atoms. The summed E-state index contributed by atoms with van der Waals surface area (Å²) >= 11 is 0. The molecule has 0 aromatic carbocycles. The summed E-state index contributed by atoms with van der Waals surface area (Å²) in [5, 5.41) is 0. The van der Waals surface area contributed by atoms with Gasteiger partial charge in [-0.2, -0.15) is 0 Å². The maximum absolute atomic E-state index is 5.07. The van der Waals surface area contributed by atoms with Crippen LogP contribution in [0.1, 0.15) is 13.8 Å². The molecule has 1 heteroatoms. The maximum atomic E-state index is 5.07. The first kappa shape index (κ1) is 7.28. The van der Waals surface area contributed by atoms with Gasteiger partial charge < -0.3 is 4.74 Å². The van der Waals surface area contributed by atoms with Crippen LogP contribution in [0.15, 0.2) is 24.5 Å². The summed E-state index contributed by atoms with van der Waals surface area (Å²) in [6.07, 6.45) is 3.55. The van der Waals surface area contributed by atoms with E-state index in [9.17, 15) is 0 Å². The lowest BCUT2D eigenvalue weighted by Gasteiger charge is -1.98. The highest BCUT2D eigenvalue weighted by molar-refractivity contribution is 5.01. The summed E-state index contributed by atoms with van der Waals surface area (Å²) in [7, 11) is 0. The first-order valence-corrected chi connectivity index (χ1v) is 2.73. The molecule has 0 unspecified atom stereocenters. The van der Waals surface area contributed by atoms with E-state index in [1.807, 2.05) is 19.9 Å². The number of allylic oxidation sites excluding steroid dienone is 3. The van der Waals surface area contributed by atoms with Gasteiger partial charge in [-0.1, -0.05) is 12.7 Å². The van der Waals surface area contributed by atoms with Gasteiger partial charge >= 0.3 is 0 Å². The molecule has 8 heavy (non-hydrogen) atoms. The van der Waals surface area contributed by atoms with E-state index in [1.165, 1.54) is 0 Å². The predicted octanol–water partition coefficient (Wildman–Crippen LogP) is 2.11. The Morgan fingerprint density at radius 1 is 1.75 bits per heavy atom. The summed E-state index contributed by atoms with van der Waals surface area (Å²) in [6, 6.07) is 0. The van der Waals surface area contributed by atoms with Gasteiger partial charge in [0.05, 0.1) is 12.4 Å². The monoisotopic (exact) mass is 112 g/mol. The topological polar surface area (TPSA) is 9.23 Å². The standard InChI is InChI=1S/C7H12O/c1-4-6-7(3)8-5-2/h4,6H,1,5H2,2-3H3/b7-6-. The van der Waals surface area contributed by atoms with E-state index in [2.05, 4.69) is 6.58 Å². The third-order valence-corrected chi connectivity index (χ3v) is 0.725. The van der Waals surface area contributed by atoms with E-state index in [0.29, 0.717) is 0 Å². The van der Waals surface area contributed by atoms with Crippen molar-refractivity contribution in [1.29, 1.82) is 0 Å². The van der Waals surface area contributed by atoms with Crippen molar-refractivity contribution >= 4 is 0 Å². The molecule has 0 aromatic rings. The molecule has 46 valence electrons. The van der Waals surface area contributed by atoms with Gasteiger partial charge in [-0.3, -0.25) is 0 Å². The molecular weight excluding hydrogens is 100 g/mol. The minimum Gasteiger partial charge on any atom is -0.499 e. The molecule has 0 rings (SSSR count). The number of hydrogen-bond donors (Lipinski definition) is 0. The van der Waals surface area contributed by atoms with Gasteiger partial charge in [0.1, 0.15) is 0 Å². The van der Waals surface area contributed by atoms with Crippen LogP contribution in [-0.4, -0.2) is 6.61 Å². The molecule has 0 aliphatic heterocycles. The number of ether oxygens (including phenoxy) is 1. The Kier molecular flexibility index (Phi) is 4.04. The quantitative estimate of drug-likeness (QED) is 0.401. The minimum absolute atomic E-state index is 0.732. The highest BCUT2D eigenvalue weighted by Gasteiger charge is 1.79. The molecule has 0 fully saturated rings. The van der Waals surface area contributed by atoms with Gasteiger partial charge in [0.25, 0.3) is 0 Å². The highest BCUT2D eigenvalue weighted by atomic mass is 16.5. The van der Waals surface area contributed by atoms with Crippen molar-refractivity contribution in [1.82, 2.24) is 0 Å². The van der Waals surface area contributed by atoms with Crippen LogP contribution >= 0.6 is 0 Å². The second-order valence-corrected chi connectivity index (χ2v) is 1.45. The van der Waals surface area contributed by atoms with Crippen LogP contribution in [-0.2, 0) is 4.74 Å². The van der Waals surface area contributed by atoms with Crippen LogP contribution in [0.4, 0.5) is 0 Å². The van der Waals surface area contributed by atoms with E-state index in [0.717, 1.165) is 12.4 Å². The fraction of sp³-hybridized carbons (Fsp3) is 0.429. The van der Waals surface area contributed by atoms with Gasteiger partial charge in [-0.05, 0) is 19.9 Å². The molecule has 0 saturated carbocycles. The average Bonchev–Trinajstić information content (AvgIpc) is 1.68. The van der Waals surface area contributed by atoms with Crippen molar-refractivity contribution in [2.45, 2.75) is 13.8 Å². The van der Waals surface area contributed by atoms with Crippen LogP contribution in [0.2, 0.25) is 0 Å². The smallest absolute Gasteiger partial charge is 0.0928 e. The maximum Gasteiger partial charge on any atom is 0.0928 e.